The van der Waals surface area contributed by atoms with Crippen molar-refractivity contribution < 1.29 is 33.7 Å². The van der Waals surface area contributed by atoms with Crippen LogP contribution in [0, 0.1) is 11.8 Å². The van der Waals surface area contributed by atoms with Crippen molar-refractivity contribution in [2.45, 2.75) is 12.1 Å². The van der Waals surface area contributed by atoms with Crippen LogP contribution in [0.5, 0.6) is 17.2 Å². The van der Waals surface area contributed by atoms with Gasteiger partial charge in [-0.2, -0.15) is 0 Å². The molecule has 0 radical (unpaired) electrons. The molecule has 2 heterocycles. The number of nitrogens with zero attached hydrogens (tertiary/aromatic N) is 1. The highest BCUT2D eigenvalue weighted by atomic mass is 16.5. The number of carbonyl (C=O) groups is 3. The Kier molecular flexibility index (Phi) is 5.28. The first-order chi connectivity index (χ1) is 14.9. The second-order valence-corrected chi connectivity index (χ2v) is 7.28. The van der Waals surface area contributed by atoms with E-state index < -0.39 is 41.7 Å². The number of carboxylic acid groups (broad SMARTS) is 1. The standard InChI is InChI=1S/C22H22N2O7/c1-29-13-10-9-12(18(30-2)19(13)31-3)16-14-15(17(23-16)22(27)28)21(26)24(20(14)25)11-7-5-4-6-8-11/h4-10,14-17,23H,1-3H3,(H,27,28)/t14-,15+,16+,17+/m1/s1. The number of amides is 2. The van der Waals surface area contributed by atoms with E-state index >= 15 is 0 Å². The summed E-state index contributed by atoms with van der Waals surface area (Å²) < 4.78 is 16.3. The van der Waals surface area contributed by atoms with E-state index in [-0.39, 0.29) is 0 Å². The fourth-order valence-corrected chi connectivity index (χ4v) is 4.52. The summed E-state index contributed by atoms with van der Waals surface area (Å²) in [7, 11) is 4.38. The molecule has 0 saturated carbocycles. The van der Waals surface area contributed by atoms with Gasteiger partial charge in [0, 0.05) is 11.6 Å². The fraction of sp³-hybridized carbons (Fsp3) is 0.318. The Labute approximate surface area is 178 Å². The van der Waals surface area contributed by atoms with Gasteiger partial charge in [0.25, 0.3) is 0 Å². The summed E-state index contributed by atoms with van der Waals surface area (Å²) in [5, 5.41) is 12.7. The molecule has 31 heavy (non-hydrogen) atoms. The summed E-state index contributed by atoms with van der Waals surface area (Å²) in [5.74, 6) is -3.12. The van der Waals surface area contributed by atoms with Crippen molar-refractivity contribution in [3.8, 4) is 17.2 Å². The lowest BCUT2D eigenvalue weighted by Crippen LogP contribution is -2.43. The van der Waals surface area contributed by atoms with Gasteiger partial charge in [-0.25, -0.2) is 4.90 Å². The molecule has 0 spiro atoms. The van der Waals surface area contributed by atoms with Crippen molar-refractivity contribution in [3.05, 3.63) is 48.0 Å². The lowest BCUT2D eigenvalue weighted by molar-refractivity contribution is -0.142. The molecule has 0 aromatic heterocycles. The Morgan fingerprint density at radius 1 is 0.903 bits per heavy atom. The number of fused-ring (bicyclic) bond motifs is 1. The first-order valence-electron chi connectivity index (χ1n) is 9.65. The molecule has 2 aliphatic rings. The SMILES string of the molecule is COc1ccc([C@@H]2N[C@H](C(=O)O)[C@H]3C(=O)N(c4ccccc4)C(=O)[C@H]32)c(OC)c1OC. The minimum absolute atomic E-state index is 0.308. The van der Waals surface area contributed by atoms with Crippen molar-refractivity contribution in [2.24, 2.45) is 11.8 Å². The van der Waals surface area contributed by atoms with Crippen LogP contribution in [0.15, 0.2) is 42.5 Å². The topological polar surface area (TPSA) is 114 Å². The van der Waals surface area contributed by atoms with Gasteiger partial charge < -0.3 is 19.3 Å². The summed E-state index contributed by atoms with van der Waals surface area (Å²) in [6.45, 7) is 0. The largest absolute Gasteiger partial charge is 0.493 e. The number of aliphatic carboxylic acids is 1. The Balaban J connectivity index is 1.83. The number of rotatable bonds is 6. The van der Waals surface area contributed by atoms with Gasteiger partial charge in [-0.1, -0.05) is 18.2 Å². The average molecular weight is 426 g/mol. The molecule has 4 atom stereocenters. The first-order valence-corrected chi connectivity index (χ1v) is 9.65. The van der Waals surface area contributed by atoms with Crippen LogP contribution in [0.1, 0.15) is 11.6 Å². The Morgan fingerprint density at radius 2 is 1.55 bits per heavy atom. The predicted octanol–water partition coefficient (Wildman–Crippen LogP) is 1.62. The number of imide groups is 1. The third-order valence-electron chi connectivity index (χ3n) is 5.83. The number of para-hydroxylation sites is 1. The van der Waals surface area contributed by atoms with Gasteiger partial charge in [-0.05, 0) is 24.3 Å². The normalized spacial score (nSPS) is 24.8. The molecule has 9 heteroatoms. The van der Waals surface area contributed by atoms with Crippen molar-refractivity contribution >= 4 is 23.5 Å². The molecule has 0 aliphatic carbocycles. The van der Waals surface area contributed by atoms with Gasteiger partial charge >= 0.3 is 5.97 Å². The van der Waals surface area contributed by atoms with Crippen LogP contribution >= 0.6 is 0 Å². The van der Waals surface area contributed by atoms with E-state index in [0.717, 1.165) is 4.90 Å². The van der Waals surface area contributed by atoms with Gasteiger partial charge in [-0.3, -0.25) is 19.7 Å². The highest BCUT2D eigenvalue weighted by Gasteiger charge is 2.61. The second kappa shape index (κ2) is 7.92. The number of carboxylic acids is 1. The third kappa shape index (κ3) is 3.09. The molecule has 2 fully saturated rings. The van der Waals surface area contributed by atoms with E-state index in [9.17, 15) is 19.5 Å². The van der Waals surface area contributed by atoms with Crippen LogP contribution in [0.4, 0.5) is 5.69 Å². The Hall–Kier alpha value is -3.59. The van der Waals surface area contributed by atoms with Crippen LogP contribution < -0.4 is 24.4 Å². The number of anilines is 1. The van der Waals surface area contributed by atoms with Crippen molar-refractivity contribution in [3.63, 3.8) is 0 Å². The van der Waals surface area contributed by atoms with E-state index in [0.29, 0.717) is 28.5 Å². The number of hydrogen-bond donors (Lipinski definition) is 2. The monoisotopic (exact) mass is 426 g/mol. The molecule has 4 rings (SSSR count). The van der Waals surface area contributed by atoms with E-state index in [1.807, 2.05) is 0 Å². The number of benzene rings is 2. The number of ether oxygens (including phenoxy) is 3. The molecule has 0 unspecified atom stereocenters. The highest BCUT2D eigenvalue weighted by Crippen LogP contribution is 2.50. The summed E-state index contributed by atoms with van der Waals surface area (Å²) in [4.78, 5) is 39.6. The summed E-state index contributed by atoms with van der Waals surface area (Å²) in [6, 6.07) is 9.83. The second-order valence-electron chi connectivity index (χ2n) is 7.28. The van der Waals surface area contributed by atoms with E-state index in [1.165, 1.54) is 21.3 Å². The number of carbonyl (C=O) groups excluding carboxylic acids is 2. The number of nitrogens with one attached hydrogen (secondary N) is 1. The van der Waals surface area contributed by atoms with Crippen LogP contribution in [0.2, 0.25) is 0 Å². The summed E-state index contributed by atoms with van der Waals surface area (Å²) in [6.07, 6.45) is 0. The van der Waals surface area contributed by atoms with Crippen LogP contribution in [0.3, 0.4) is 0 Å². The minimum atomic E-state index is -1.22. The molecule has 162 valence electrons. The Bertz CT molecular complexity index is 1040. The molecular formula is C22H22N2O7. The predicted molar refractivity (Wildman–Crippen MR) is 109 cm³/mol. The fourth-order valence-electron chi connectivity index (χ4n) is 4.52. The molecule has 2 aromatic carbocycles. The van der Waals surface area contributed by atoms with E-state index in [1.54, 1.807) is 42.5 Å². The maximum Gasteiger partial charge on any atom is 0.321 e. The number of hydrogen-bond acceptors (Lipinski definition) is 7. The Morgan fingerprint density at radius 3 is 2.13 bits per heavy atom. The number of methoxy groups -OCH3 is 3. The smallest absolute Gasteiger partial charge is 0.321 e. The molecule has 2 saturated heterocycles. The zero-order valence-electron chi connectivity index (χ0n) is 17.2. The molecule has 2 aromatic rings. The maximum absolute atomic E-state index is 13.4. The highest BCUT2D eigenvalue weighted by molar-refractivity contribution is 6.23. The summed E-state index contributed by atoms with van der Waals surface area (Å²) in [5.41, 5.74) is 0.920. The van der Waals surface area contributed by atoms with Gasteiger partial charge in [0.05, 0.1) is 38.9 Å². The first kappa shape index (κ1) is 20.7. The molecule has 0 bridgehead atoms. The molecule has 2 aliphatic heterocycles. The lowest BCUT2D eigenvalue weighted by atomic mass is 9.86. The summed E-state index contributed by atoms with van der Waals surface area (Å²) >= 11 is 0. The van der Waals surface area contributed by atoms with Gasteiger partial charge in [-0.15, -0.1) is 0 Å². The van der Waals surface area contributed by atoms with Gasteiger partial charge in [0.15, 0.2) is 11.5 Å². The van der Waals surface area contributed by atoms with Gasteiger partial charge in [0.1, 0.15) is 6.04 Å². The van der Waals surface area contributed by atoms with Crippen LogP contribution in [0.25, 0.3) is 0 Å². The maximum atomic E-state index is 13.4. The molecule has 9 nitrogen and oxygen atoms in total. The van der Waals surface area contributed by atoms with Crippen LogP contribution in [-0.4, -0.2) is 50.3 Å². The molecule has 2 amide bonds. The average Bonchev–Trinajstić information content (AvgIpc) is 3.30. The molecule has 2 N–H and O–H groups in total. The van der Waals surface area contributed by atoms with Crippen LogP contribution in [-0.2, 0) is 14.4 Å². The zero-order chi connectivity index (χ0) is 22.3. The third-order valence-corrected chi connectivity index (χ3v) is 5.83. The van der Waals surface area contributed by atoms with Crippen molar-refractivity contribution in [1.29, 1.82) is 0 Å². The van der Waals surface area contributed by atoms with Crippen molar-refractivity contribution in [2.75, 3.05) is 26.2 Å². The van der Waals surface area contributed by atoms with Crippen molar-refractivity contribution in [1.82, 2.24) is 5.32 Å². The van der Waals surface area contributed by atoms with E-state index in [2.05, 4.69) is 5.32 Å². The van der Waals surface area contributed by atoms with E-state index in [4.69, 9.17) is 14.2 Å². The minimum Gasteiger partial charge on any atom is -0.493 e. The molecular weight excluding hydrogens is 404 g/mol. The quantitative estimate of drug-likeness (QED) is 0.670. The lowest BCUT2D eigenvalue weighted by Gasteiger charge is -2.24. The zero-order valence-corrected chi connectivity index (χ0v) is 17.2. The van der Waals surface area contributed by atoms with Gasteiger partial charge in [0.2, 0.25) is 17.6 Å².